The van der Waals surface area contributed by atoms with Crippen LogP contribution in [0.3, 0.4) is 0 Å². The minimum absolute atomic E-state index is 0. The first-order valence-electron chi connectivity index (χ1n) is 10.2. The molecule has 0 bridgehead atoms. The van der Waals surface area contributed by atoms with E-state index in [1.165, 1.54) is 18.3 Å². The quantitative estimate of drug-likeness (QED) is 0.187. The minimum Gasteiger partial charge on any atom is -1.00 e. The van der Waals surface area contributed by atoms with E-state index in [0.29, 0.717) is 0 Å². The van der Waals surface area contributed by atoms with Gasteiger partial charge in [0.15, 0.2) is 12.4 Å². The van der Waals surface area contributed by atoms with Crippen molar-refractivity contribution in [2.75, 3.05) is 6.54 Å². The van der Waals surface area contributed by atoms with E-state index in [9.17, 15) is 40.5 Å². The van der Waals surface area contributed by atoms with E-state index in [-0.39, 0.29) is 42.7 Å². The number of H-pyrrole nitrogens is 1. The third kappa shape index (κ3) is 5.31. The van der Waals surface area contributed by atoms with E-state index < -0.39 is 46.9 Å². The number of hydrogen-bond donors (Lipinski definition) is 0. The van der Waals surface area contributed by atoms with Crippen molar-refractivity contribution in [3.05, 3.63) is 125 Å². The first-order chi connectivity index (χ1) is 17.1. The standard InChI is InChI=1S/C22H15N6O8.2ClH/c29-24(30)17-1-3-21(19(13-17)26(33)34)28(11-7-16(8-12-28)15-5-9-23-10-6-15)22-4-2-18(25(31)32)14-20(22)27(35)36;;/h1-11,13-14H,12H2;2*1H/q+1;;/p-1. The second-order valence-corrected chi connectivity index (χ2v) is 7.69. The zero-order chi connectivity index (χ0) is 26.0. The van der Waals surface area contributed by atoms with Crippen LogP contribution in [-0.2, 0) is 0 Å². The highest BCUT2D eigenvalue weighted by atomic mass is 35.5. The molecule has 3 aromatic rings. The lowest BCUT2D eigenvalue weighted by Crippen LogP contribution is -3.00. The van der Waals surface area contributed by atoms with Crippen LogP contribution in [0.15, 0.2) is 79.3 Å². The van der Waals surface area contributed by atoms with Crippen molar-refractivity contribution in [3.63, 3.8) is 0 Å². The molecule has 1 aliphatic heterocycles. The van der Waals surface area contributed by atoms with Crippen molar-refractivity contribution in [1.82, 2.24) is 4.48 Å². The summed E-state index contributed by atoms with van der Waals surface area (Å²) in [6.07, 6.45) is 8.22. The first kappa shape index (κ1) is 29.4. The van der Waals surface area contributed by atoms with E-state index in [0.717, 1.165) is 35.4 Å². The van der Waals surface area contributed by atoms with Gasteiger partial charge >= 0.3 is 11.4 Å². The zero-order valence-corrected chi connectivity index (χ0v) is 20.5. The van der Waals surface area contributed by atoms with Crippen LogP contribution in [0, 0.1) is 40.5 Å². The van der Waals surface area contributed by atoms with Gasteiger partial charge in [-0.3, -0.25) is 40.5 Å². The Morgan fingerprint density at radius 1 is 0.684 bits per heavy atom. The summed E-state index contributed by atoms with van der Waals surface area (Å²) in [5, 5.41) is 46.4. The lowest BCUT2D eigenvalue weighted by Gasteiger charge is -2.34. The fourth-order valence-electron chi connectivity index (χ4n) is 4.08. The third-order valence-electron chi connectivity index (χ3n) is 5.75. The molecule has 14 nitrogen and oxygen atoms in total. The van der Waals surface area contributed by atoms with Gasteiger partial charge in [0.2, 0.25) is 11.4 Å². The predicted octanol–water partition coefficient (Wildman–Crippen LogP) is -1.61. The zero-order valence-electron chi connectivity index (χ0n) is 19.0. The molecule has 16 heteroatoms. The largest absolute Gasteiger partial charge is 1.00 e. The van der Waals surface area contributed by atoms with Crippen LogP contribution in [0.2, 0.25) is 0 Å². The second kappa shape index (κ2) is 11.5. The summed E-state index contributed by atoms with van der Waals surface area (Å²) in [7, 11) is 0. The van der Waals surface area contributed by atoms with E-state index >= 15 is 0 Å². The van der Waals surface area contributed by atoms with Gasteiger partial charge in [-0.1, -0.05) is 0 Å². The van der Waals surface area contributed by atoms with Crippen LogP contribution in [-0.4, -0.2) is 26.2 Å². The van der Waals surface area contributed by atoms with E-state index in [2.05, 4.69) is 4.98 Å². The van der Waals surface area contributed by atoms with Gasteiger partial charge < -0.3 is 24.8 Å². The highest BCUT2D eigenvalue weighted by Gasteiger charge is 2.44. The molecule has 0 atom stereocenters. The van der Waals surface area contributed by atoms with Crippen LogP contribution in [0.25, 0.3) is 5.57 Å². The van der Waals surface area contributed by atoms with Crippen LogP contribution >= 0.6 is 0 Å². The maximum atomic E-state index is 12.0. The van der Waals surface area contributed by atoms with E-state index in [1.807, 2.05) is 0 Å². The van der Waals surface area contributed by atoms with Gasteiger partial charge in [0, 0.05) is 36.4 Å². The summed E-state index contributed by atoms with van der Waals surface area (Å²) >= 11 is 0. The van der Waals surface area contributed by atoms with Gasteiger partial charge in [-0.05, 0) is 23.3 Å². The van der Waals surface area contributed by atoms with Gasteiger partial charge in [0.25, 0.3) is 11.4 Å². The molecule has 1 N–H and O–H groups in total. The summed E-state index contributed by atoms with van der Waals surface area (Å²) in [6.45, 7) is -0.0538. The fourth-order valence-corrected chi connectivity index (χ4v) is 4.08. The van der Waals surface area contributed by atoms with Crippen LogP contribution in [0.5, 0.6) is 0 Å². The molecule has 0 aliphatic carbocycles. The number of nitro benzene ring substituents is 4. The summed E-state index contributed by atoms with van der Waals surface area (Å²) in [4.78, 5) is 46.2. The Labute approximate surface area is 225 Å². The Bertz CT molecular complexity index is 1420. The number of non-ortho nitro benzene ring substituents is 2. The average molecular weight is 563 g/mol. The molecular weight excluding hydrogens is 547 g/mol. The predicted molar refractivity (Wildman–Crippen MR) is 126 cm³/mol. The van der Waals surface area contributed by atoms with E-state index in [4.69, 9.17) is 0 Å². The van der Waals surface area contributed by atoms with Gasteiger partial charge in [-0.15, -0.1) is 0 Å². The van der Waals surface area contributed by atoms with Crippen molar-refractivity contribution in [3.8, 4) is 0 Å². The summed E-state index contributed by atoms with van der Waals surface area (Å²) in [5.41, 5.74) is -0.962. The number of halogens is 2. The number of nitrogens with zero attached hydrogens (tertiary/aromatic N) is 5. The lowest BCUT2D eigenvalue weighted by atomic mass is 10.0. The number of quaternary nitrogens is 1. The maximum Gasteiger partial charge on any atom is 0.337 e. The third-order valence-corrected chi connectivity index (χ3v) is 5.75. The number of nitrogens with one attached hydrogen (secondary N) is 1. The molecule has 1 aliphatic rings. The van der Waals surface area contributed by atoms with Crippen LogP contribution in [0.4, 0.5) is 34.1 Å². The molecule has 196 valence electrons. The number of aromatic amines is 1. The molecule has 0 unspecified atom stereocenters. The molecule has 2 aromatic carbocycles. The Hall–Kier alpha value is -4.79. The molecule has 0 saturated heterocycles. The van der Waals surface area contributed by atoms with Crippen molar-refractivity contribution in [1.29, 1.82) is 0 Å². The van der Waals surface area contributed by atoms with Crippen LogP contribution in [0.1, 0.15) is 5.56 Å². The normalized spacial score (nSPS) is 13.3. The lowest BCUT2D eigenvalue weighted by molar-refractivity contribution is -0.394. The highest BCUT2D eigenvalue weighted by Crippen LogP contribution is 2.48. The number of allylic oxidation sites excluding steroid dienone is 2. The van der Waals surface area contributed by atoms with Gasteiger partial charge in [0.05, 0.1) is 19.7 Å². The Morgan fingerprint density at radius 3 is 1.53 bits per heavy atom. The Morgan fingerprint density at radius 2 is 1.16 bits per heavy atom. The Balaban J connectivity index is 0.00000253. The first-order valence-corrected chi connectivity index (χ1v) is 10.2. The molecule has 0 amide bonds. The van der Waals surface area contributed by atoms with Gasteiger partial charge in [-0.2, -0.15) is 0 Å². The molecule has 0 radical (unpaired) electrons. The minimum atomic E-state index is -0.806. The maximum absolute atomic E-state index is 12.0. The number of aromatic nitrogens is 1. The number of nitro groups is 4. The average Bonchev–Trinajstić information content (AvgIpc) is 2.88. The number of benzene rings is 2. The smallest absolute Gasteiger partial charge is 0.337 e. The molecule has 38 heavy (non-hydrogen) atoms. The van der Waals surface area contributed by atoms with Crippen molar-refractivity contribution in [2.24, 2.45) is 0 Å². The summed E-state index contributed by atoms with van der Waals surface area (Å²) in [6, 6.07) is 9.63. The fraction of sp³-hybridized carbons (Fsp3) is 0.0455. The highest BCUT2D eigenvalue weighted by molar-refractivity contribution is 5.83. The molecular formula is C22H16Cl2N6O8. The van der Waals surface area contributed by atoms with Crippen molar-refractivity contribution in [2.45, 2.75) is 0 Å². The van der Waals surface area contributed by atoms with Gasteiger partial charge in [0.1, 0.15) is 24.9 Å². The molecule has 1 aromatic heterocycles. The van der Waals surface area contributed by atoms with Crippen molar-refractivity contribution >= 4 is 39.7 Å². The summed E-state index contributed by atoms with van der Waals surface area (Å²) < 4.78 is -0.606. The number of pyridine rings is 1. The van der Waals surface area contributed by atoms with Crippen LogP contribution < -0.4 is 34.3 Å². The molecule has 0 fully saturated rings. The van der Waals surface area contributed by atoms with Gasteiger partial charge in [-0.25, -0.2) is 9.47 Å². The molecule has 2 heterocycles. The summed E-state index contributed by atoms with van der Waals surface area (Å²) in [5.74, 6) is 0. The Kier molecular flexibility index (Phi) is 8.92. The molecule has 4 rings (SSSR count). The topological polar surface area (TPSA) is 187 Å². The molecule has 0 saturated carbocycles. The number of rotatable bonds is 7. The SMILES string of the molecule is O=[N+]([O-])c1ccc([N+]2(c3ccc([N+](=O)[O-])cc3[N+](=O)[O-])C=CC(c3cc[nH+]cc3)=CC2)c([N+](=O)[O-])c1.[Cl-].[Cl-]. The number of hydrogen-bond acceptors (Lipinski definition) is 8. The second-order valence-electron chi connectivity index (χ2n) is 7.69. The molecule has 0 spiro atoms. The van der Waals surface area contributed by atoms with Crippen molar-refractivity contribution < 1.29 is 49.5 Å². The monoisotopic (exact) mass is 562 g/mol. The van der Waals surface area contributed by atoms with E-state index in [1.54, 1.807) is 36.7 Å².